The number of carboxylic acid groups (broad SMARTS) is 1. The highest BCUT2D eigenvalue weighted by molar-refractivity contribution is 5.66. The molecule has 0 unspecified atom stereocenters. The number of rotatable bonds is 13. The summed E-state index contributed by atoms with van der Waals surface area (Å²) in [6.45, 7) is 2.03. The lowest BCUT2D eigenvalue weighted by Crippen LogP contribution is -2.25. The second-order valence-electron chi connectivity index (χ2n) is 6.92. The summed E-state index contributed by atoms with van der Waals surface area (Å²) in [5, 5.41) is 38.8. The van der Waals surface area contributed by atoms with E-state index >= 15 is 0 Å². The molecule has 0 aliphatic carbocycles. The van der Waals surface area contributed by atoms with Crippen LogP contribution < -0.4 is 0 Å². The molecule has 0 spiro atoms. The van der Waals surface area contributed by atoms with Gasteiger partial charge in [-0.2, -0.15) is 0 Å². The van der Waals surface area contributed by atoms with Gasteiger partial charge in [-0.3, -0.25) is 4.79 Å². The van der Waals surface area contributed by atoms with Crippen LogP contribution in [0.4, 0.5) is 0 Å². The zero-order valence-electron chi connectivity index (χ0n) is 16.6. The average molecular weight is 395 g/mol. The molecule has 0 aromatic carbocycles. The molecule has 1 saturated heterocycles. The van der Waals surface area contributed by atoms with Crippen molar-refractivity contribution < 1.29 is 30.0 Å². The van der Waals surface area contributed by atoms with E-state index < -0.39 is 36.5 Å². The predicted octanol–water partition coefficient (Wildman–Crippen LogP) is 2.90. The zero-order chi connectivity index (χ0) is 20.8. The molecule has 28 heavy (non-hydrogen) atoms. The van der Waals surface area contributed by atoms with Crippen LogP contribution in [0.1, 0.15) is 51.9 Å². The number of carbonyl (C=O) groups is 1. The number of aliphatic carboxylic acids is 1. The van der Waals surface area contributed by atoms with Gasteiger partial charge in [0, 0.05) is 12.8 Å². The van der Waals surface area contributed by atoms with Gasteiger partial charge in [0.15, 0.2) is 0 Å². The van der Waals surface area contributed by atoms with E-state index in [0.717, 1.165) is 6.42 Å². The number of hydrogen-bond acceptors (Lipinski definition) is 5. The second kappa shape index (κ2) is 14.3. The predicted molar refractivity (Wildman–Crippen MR) is 109 cm³/mol. The number of carboxylic acids is 1. The van der Waals surface area contributed by atoms with Crippen molar-refractivity contribution in [2.45, 2.75) is 82.4 Å². The number of aliphatic hydroxyl groups excluding tert-OH is 3. The van der Waals surface area contributed by atoms with E-state index in [1.54, 1.807) is 12.2 Å². The number of allylic oxidation sites excluding steroid dienone is 4. The van der Waals surface area contributed by atoms with Crippen molar-refractivity contribution in [3.8, 4) is 0 Å². The van der Waals surface area contributed by atoms with Gasteiger partial charge in [-0.25, -0.2) is 0 Å². The van der Waals surface area contributed by atoms with Crippen molar-refractivity contribution in [2.24, 2.45) is 0 Å². The lowest BCUT2D eigenvalue weighted by Gasteiger charge is -2.16. The fraction of sp³-hybridized carbons (Fsp3) is 0.591. The van der Waals surface area contributed by atoms with Crippen LogP contribution in [-0.2, 0) is 9.53 Å². The molecule has 5 atom stereocenters. The third-order valence-electron chi connectivity index (χ3n) is 4.42. The Balaban J connectivity index is 2.29. The van der Waals surface area contributed by atoms with Gasteiger partial charge in [0.25, 0.3) is 0 Å². The summed E-state index contributed by atoms with van der Waals surface area (Å²) in [4.78, 5) is 10.4. The molecule has 1 fully saturated rings. The van der Waals surface area contributed by atoms with Crippen LogP contribution in [-0.4, -0.2) is 56.9 Å². The summed E-state index contributed by atoms with van der Waals surface area (Å²) in [5.74, 6) is -0.805. The number of ether oxygens (including phenoxy) is 1. The molecule has 6 nitrogen and oxygen atoms in total. The molecule has 0 saturated carbocycles. The summed E-state index contributed by atoms with van der Waals surface area (Å²) in [6, 6.07) is 0. The average Bonchev–Trinajstić information content (AvgIpc) is 3.03. The van der Waals surface area contributed by atoms with Crippen LogP contribution in [0.15, 0.2) is 48.6 Å². The first-order valence-corrected chi connectivity index (χ1v) is 9.98. The largest absolute Gasteiger partial charge is 0.481 e. The third kappa shape index (κ3) is 10.6. The molecular weight excluding hydrogens is 360 g/mol. The van der Waals surface area contributed by atoms with Crippen molar-refractivity contribution in [1.29, 1.82) is 0 Å². The molecule has 0 bridgehead atoms. The van der Waals surface area contributed by atoms with Gasteiger partial charge >= 0.3 is 5.97 Å². The maximum Gasteiger partial charge on any atom is 0.303 e. The standard InChI is InChI=1S/C22H34O6/c1-2-3-8-12-18(24)21-16-19(25)20(28-21)15-14-17(23)11-9-6-4-5-7-10-13-22(26)27/h3,5-9,14-15,17-21,23-25H,2,4,10-13,16H2,1H3,(H,26,27)/b7-5-,8-3-,9-6-,15-14+/t17-,18+,19+,20+,21-/m1/s1. The van der Waals surface area contributed by atoms with Crippen LogP contribution >= 0.6 is 0 Å². The van der Waals surface area contributed by atoms with Crippen molar-refractivity contribution in [3.63, 3.8) is 0 Å². The van der Waals surface area contributed by atoms with Crippen molar-refractivity contribution in [2.75, 3.05) is 0 Å². The van der Waals surface area contributed by atoms with Crippen molar-refractivity contribution >= 4 is 5.97 Å². The van der Waals surface area contributed by atoms with Gasteiger partial charge in [0.2, 0.25) is 0 Å². The molecule has 6 heteroatoms. The third-order valence-corrected chi connectivity index (χ3v) is 4.42. The highest BCUT2D eigenvalue weighted by Gasteiger charge is 2.35. The van der Waals surface area contributed by atoms with Crippen molar-refractivity contribution in [3.05, 3.63) is 48.6 Å². The molecule has 0 aromatic rings. The van der Waals surface area contributed by atoms with Gasteiger partial charge in [0.1, 0.15) is 6.10 Å². The minimum atomic E-state index is -0.805. The van der Waals surface area contributed by atoms with Gasteiger partial charge in [-0.1, -0.05) is 55.5 Å². The molecular formula is C22H34O6. The molecule has 1 rings (SSSR count). The Bertz CT molecular complexity index is 551. The van der Waals surface area contributed by atoms with Crippen LogP contribution in [0.5, 0.6) is 0 Å². The summed E-state index contributed by atoms with van der Waals surface area (Å²) >= 11 is 0. The fourth-order valence-corrected chi connectivity index (χ4v) is 2.84. The maximum absolute atomic E-state index is 10.4. The molecule has 1 aliphatic rings. The van der Waals surface area contributed by atoms with Gasteiger partial charge in [0.05, 0.1) is 24.4 Å². The lowest BCUT2D eigenvalue weighted by atomic mass is 10.0. The van der Waals surface area contributed by atoms with Crippen LogP contribution in [0.2, 0.25) is 0 Å². The van der Waals surface area contributed by atoms with Crippen LogP contribution in [0.3, 0.4) is 0 Å². The first-order valence-electron chi connectivity index (χ1n) is 9.98. The smallest absolute Gasteiger partial charge is 0.303 e. The van der Waals surface area contributed by atoms with Gasteiger partial charge < -0.3 is 25.2 Å². The van der Waals surface area contributed by atoms with E-state index in [-0.39, 0.29) is 6.42 Å². The topological polar surface area (TPSA) is 107 Å². The Labute approximate surface area is 167 Å². The molecule has 1 heterocycles. The Hall–Kier alpha value is -1.73. The highest BCUT2D eigenvalue weighted by atomic mass is 16.5. The minimum absolute atomic E-state index is 0.131. The highest BCUT2D eigenvalue weighted by Crippen LogP contribution is 2.25. The first-order chi connectivity index (χ1) is 13.4. The Morgan fingerprint density at radius 3 is 2.54 bits per heavy atom. The number of aliphatic hydroxyl groups is 3. The molecule has 0 radical (unpaired) electrons. The van der Waals surface area contributed by atoms with Gasteiger partial charge in [-0.05, 0) is 32.1 Å². The Morgan fingerprint density at radius 2 is 1.82 bits per heavy atom. The Kier molecular flexibility index (Phi) is 12.4. The second-order valence-corrected chi connectivity index (χ2v) is 6.92. The normalized spacial score (nSPS) is 25.5. The summed E-state index contributed by atoms with van der Waals surface area (Å²) in [6.07, 6.45) is 15.3. The molecule has 0 amide bonds. The van der Waals surface area contributed by atoms with Crippen LogP contribution in [0.25, 0.3) is 0 Å². The molecule has 158 valence electrons. The summed E-state index contributed by atoms with van der Waals surface area (Å²) in [7, 11) is 0. The van der Waals surface area contributed by atoms with E-state index in [1.807, 2.05) is 43.4 Å². The summed E-state index contributed by atoms with van der Waals surface area (Å²) < 4.78 is 5.71. The first kappa shape index (κ1) is 24.3. The Morgan fingerprint density at radius 1 is 1.11 bits per heavy atom. The molecule has 1 aliphatic heterocycles. The minimum Gasteiger partial charge on any atom is -0.481 e. The lowest BCUT2D eigenvalue weighted by molar-refractivity contribution is -0.136. The zero-order valence-corrected chi connectivity index (χ0v) is 16.6. The maximum atomic E-state index is 10.4. The van der Waals surface area contributed by atoms with E-state index in [4.69, 9.17) is 9.84 Å². The van der Waals surface area contributed by atoms with E-state index in [0.29, 0.717) is 32.1 Å². The van der Waals surface area contributed by atoms with E-state index in [1.165, 1.54) is 0 Å². The number of hydrogen-bond donors (Lipinski definition) is 4. The quantitative estimate of drug-likeness (QED) is 0.358. The van der Waals surface area contributed by atoms with E-state index in [9.17, 15) is 20.1 Å². The molecule has 0 aromatic heterocycles. The SMILES string of the molecule is CC/C=C\C[C@H](O)[C@H]1C[C@H](O)[C@H](/C=C/[C@H](O)C/C=C\C/C=C\CCC(=O)O)O1. The monoisotopic (exact) mass is 394 g/mol. The van der Waals surface area contributed by atoms with E-state index in [2.05, 4.69) is 0 Å². The van der Waals surface area contributed by atoms with Gasteiger partial charge in [-0.15, -0.1) is 0 Å². The molecule has 4 N–H and O–H groups in total. The van der Waals surface area contributed by atoms with Crippen LogP contribution in [0, 0.1) is 0 Å². The van der Waals surface area contributed by atoms with Crippen molar-refractivity contribution in [1.82, 2.24) is 0 Å². The fourth-order valence-electron chi connectivity index (χ4n) is 2.84. The summed E-state index contributed by atoms with van der Waals surface area (Å²) in [5.41, 5.74) is 0.